The van der Waals surface area contributed by atoms with Gasteiger partial charge in [-0.1, -0.05) is 64.8 Å². The predicted octanol–water partition coefficient (Wildman–Crippen LogP) is -3.06. The van der Waals surface area contributed by atoms with Crippen LogP contribution in [0.3, 0.4) is 0 Å². The molecule has 10 saturated carbocycles. The maximum atomic E-state index is 15.0. The Morgan fingerprint density at radius 1 is 0.415 bits per heavy atom. The molecular formula is C93H132O42. The molecule has 23 N–H and O–H groups in total. The molecule has 0 spiro atoms. The van der Waals surface area contributed by atoms with Crippen molar-refractivity contribution in [2.45, 2.75) is 366 Å². The molecule has 135 heavy (non-hydrogen) atoms. The van der Waals surface area contributed by atoms with Crippen LogP contribution in [0.4, 0.5) is 0 Å². The standard InChI is InChI=1S/C66H90O33.C27H42O9/c1-60-14-13-24(17-22(60)5-7-25-27-9-11-29(62(27,3)19-31(67)34(25)60)33(69)21-93-58-45(79)37(71)38(72)46(95-58)54(83)84)94-59-50(40(74)39(73)47(96-59)55(85)86)99-66(53(82)44(78)42(76)49(98-66)57(89)90)64(91)16-15-61(2)23(18-64)6-8-26-28-10-12-30(63(28,4)20-32(68)35(26)61)36(70)51(80)65(92)52(81)43(77)41(75)48(97-65)56(87)88;1-26-9-7-14(28)11-13(26)3-4-15-16-5-6-18(27(16,2)10-8-17(15)26)19(29)12-35-25-22(32)20(30)21(31)23(36-25)24(33)34/h5-6,24-30,34-35,37-53,58-59,71-82,91-92H,7-21H2,1-4H3,(H,83,84)(H,85,86)(H,87,88)(H,89,90);13-18,20-23,25,28,30-32H,3-12H2,1-2H3,(H,33,34)/t24-,25+,26?,27+,28?,29-,30-,34-,35?,37+,38+,39+,40+,41+,42+,43+,44+,45-,46+,47+,48+,49+,50-,51?,52-,53-,58?,59?,60+,61+,62+,63+,64+,65?,66?;13-,14-,15?,16?,17?,18-,20-,21+,22-,23+,25?,26+,27+/m11/s1. The number of aliphatic hydroxyl groups excluding tert-OH is 16. The summed E-state index contributed by atoms with van der Waals surface area (Å²) in [5.41, 5.74) is -5.62. The quantitative estimate of drug-likeness (QED) is 0.0508. The van der Waals surface area contributed by atoms with Gasteiger partial charge in [-0.25, -0.2) is 24.0 Å². The van der Waals surface area contributed by atoms with E-state index in [0.29, 0.717) is 48.5 Å². The lowest BCUT2D eigenvalue weighted by molar-refractivity contribution is -0.445. The predicted molar refractivity (Wildman–Crippen MR) is 446 cm³/mol. The van der Waals surface area contributed by atoms with Gasteiger partial charge in [0.05, 0.1) is 12.2 Å². The van der Waals surface area contributed by atoms with Crippen LogP contribution in [0.1, 0.15) is 189 Å². The van der Waals surface area contributed by atoms with Gasteiger partial charge in [-0.3, -0.25) is 24.0 Å². The van der Waals surface area contributed by atoms with Gasteiger partial charge in [0.15, 0.2) is 72.8 Å². The molecule has 12 aliphatic carbocycles. The van der Waals surface area contributed by atoms with Gasteiger partial charge in [-0.15, -0.1) is 0 Å². The zero-order valence-corrected chi connectivity index (χ0v) is 75.9. The van der Waals surface area contributed by atoms with E-state index < -0.39 is 294 Å². The molecule has 0 amide bonds. The fourth-order valence-electron chi connectivity index (χ4n) is 30.2. The van der Waals surface area contributed by atoms with Gasteiger partial charge < -0.3 is 160 Å². The maximum Gasteiger partial charge on any atom is 0.335 e. The van der Waals surface area contributed by atoms with E-state index in [4.69, 9.17) is 42.6 Å². The van der Waals surface area contributed by atoms with Crippen molar-refractivity contribution in [2.24, 2.45) is 109 Å². The first kappa shape index (κ1) is 102. The first-order chi connectivity index (χ1) is 63.1. The van der Waals surface area contributed by atoms with Crippen molar-refractivity contribution in [1.82, 2.24) is 0 Å². The highest BCUT2D eigenvalue weighted by Gasteiger charge is 2.75. The number of hydrogen-bond acceptors (Lipinski definition) is 37. The number of aliphatic carboxylic acids is 5. The van der Waals surface area contributed by atoms with Crippen molar-refractivity contribution in [3.05, 3.63) is 23.3 Å². The number of hydrogen-bond donors (Lipinski definition) is 23. The Hall–Kier alpha value is -5.90. The summed E-state index contributed by atoms with van der Waals surface area (Å²) in [6, 6.07) is 0. The summed E-state index contributed by atoms with van der Waals surface area (Å²) >= 11 is 0. The van der Waals surface area contributed by atoms with Crippen LogP contribution in [0.15, 0.2) is 23.3 Å². The highest BCUT2D eigenvalue weighted by atomic mass is 16.8. The Labute approximate surface area is 775 Å². The van der Waals surface area contributed by atoms with E-state index in [9.17, 15) is 161 Å². The van der Waals surface area contributed by atoms with Crippen molar-refractivity contribution in [3.8, 4) is 0 Å². The second-order valence-corrected chi connectivity index (χ2v) is 44.0. The minimum absolute atomic E-state index is 0.0123. The average molecular weight is 1920 g/mol. The second-order valence-electron chi connectivity index (χ2n) is 44.0. The molecule has 0 aromatic carbocycles. The van der Waals surface area contributed by atoms with Crippen molar-refractivity contribution in [1.29, 1.82) is 0 Å². The summed E-state index contributed by atoms with van der Waals surface area (Å²) in [6.07, 6.45) is -39.9. The first-order valence-corrected chi connectivity index (χ1v) is 47.5. The minimum atomic E-state index is -3.42. The number of Topliss-reactive ketones (excluding diaryl/α,β-unsaturated/α-hetero) is 5. The minimum Gasteiger partial charge on any atom is -0.479 e. The van der Waals surface area contributed by atoms with E-state index in [2.05, 4.69) is 13.8 Å². The van der Waals surface area contributed by atoms with Gasteiger partial charge >= 0.3 is 29.8 Å². The van der Waals surface area contributed by atoms with E-state index >= 15 is 4.79 Å². The summed E-state index contributed by atoms with van der Waals surface area (Å²) < 4.78 is 51.6. The van der Waals surface area contributed by atoms with E-state index in [1.807, 2.05) is 19.9 Å². The molecule has 5 aliphatic heterocycles. The van der Waals surface area contributed by atoms with Crippen LogP contribution in [0.25, 0.3) is 0 Å². The molecule has 756 valence electrons. The molecule has 12 unspecified atom stereocenters. The fourth-order valence-corrected chi connectivity index (χ4v) is 30.2. The number of fused-ring (bicyclic) bond motifs is 15. The van der Waals surface area contributed by atoms with E-state index in [1.165, 1.54) is 0 Å². The van der Waals surface area contributed by atoms with Crippen LogP contribution in [0.5, 0.6) is 0 Å². The highest BCUT2D eigenvalue weighted by molar-refractivity contribution is 5.91. The fraction of sp³-hybridized carbons (Fsp3) is 0.849. The zero-order chi connectivity index (χ0) is 98.4. The van der Waals surface area contributed by atoms with Crippen molar-refractivity contribution >= 4 is 58.8 Å². The Morgan fingerprint density at radius 2 is 0.852 bits per heavy atom. The number of aliphatic hydroxyl groups is 18. The molecule has 42 nitrogen and oxygen atoms in total. The van der Waals surface area contributed by atoms with Crippen molar-refractivity contribution in [2.75, 3.05) is 13.2 Å². The largest absolute Gasteiger partial charge is 0.479 e. The molecule has 0 radical (unpaired) electrons. The normalized spacial score (nSPS) is 52.2. The molecule has 0 aromatic heterocycles. The highest BCUT2D eigenvalue weighted by Crippen LogP contribution is 2.71. The van der Waals surface area contributed by atoms with Crippen molar-refractivity contribution in [3.63, 3.8) is 0 Å². The monoisotopic (exact) mass is 1920 g/mol. The number of ketones is 5. The smallest absolute Gasteiger partial charge is 0.335 e. The van der Waals surface area contributed by atoms with Gasteiger partial charge in [0.1, 0.15) is 122 Å². The number of carboxylic acids is 5. The Morgan fingerprint density at radius 3 is 1.38 bits per heavy atom. The number of carboxylic acid groups (broad SMARTS) is 5. The summed E-state index contributed by atoms with van der Waals surface area (Å²) in [6.45, 7) is 10.9. The summed E-state index contributed by atoms with van der Waals surface area (Å²) in [5.74, 6) is -20.4. The summed E-state index contributed by atoms with van der Waals surface area (Å²) in [4.78, 5) is 132. The molecule has 5 saturated heterocycles. The molecule has 5 heterocycles. The van der Waals surface area contributed by atoms with Crippen LogP contribution in [-0.2, 0) is 90.6 Å². The van der Waals surface area contributed by atoms with Gasteiger partial charge in [0.2, 0.25) is 11.6 Å². The van der Waals surface area contributed by atoms with Crippen LogP contribution >= 0.6 is 0 Å². The SMILES string of the molecule is C[C@]12CC(=O)[C@H]3[C@@H](CC=C4C[C@H](OC5O[C@H](C(=O)O)[C@@H](O)[C@H](O)[C@H]5OC5([C@]6(O)CC[C@@]7(C)C(=CCC8C7C(=O)C[C@@]7(C)C8CC[C@@H]7C(=O)C(O)C7(O)O[C@H](C(=O)O)[C@@H](O)[C@H](O)[C@H]7O)C6)O[C@H](C(=O)O)[C@@H](O)[C@H](O)[C@H]5O)CC[C@@]43C)[C@@H]1CC[C@@H]2C(=O)COC1O[C@H](C(=O)O)[C@@H](O)[C@H](O)[C@H]1O.C[C@]12CCC3C(CC[C@@H]4C[C@H](O)CC[C@]34C)C1CC[C@@H]2C(=O)COC1O[C@H](C(=O)O)[C@@H](O)[C@@H](O)[C@H]1O. The number of ether oxygens (including phenoxy) is 9. The summed E-state index contributed by atoms with van der Waals surface area (Å²) in [5, 5.41) is 247. The topological polar surface area (TPSA) is 719 Å². The lowest BCUT2D eigenvalue weighted by Gasteiger charge is -2.62. The number of rotatable bonds is 21. The van der Waals surface area contributed by atoms with Crippen molar-refractivity contribution < 1.29 is 208 Å². The zero-order valence-electron chi connectivity index (χ0n) is 75.9. The third-order valence-corrected chi connectivity index (χ3v) is 37.4. The lowest BCUT2D eigenvalue weighted by atomic mass is 9.44. The Kier molecular flexibility index (Phi) is 27.8. The van der Waals surface area contributed by atoms with Crippen LogP contribution in [-0.4, -0.2) is 366 Å². The number of carbonyl (C=O) groups is 10. The molecule has 17 aliphatic rings. The maximum absolute atomic E-state index is 15.0. The number of allylic oxidation sites excluding steroid dienone is 2. The molecule has 0 aromatic rings. The third-order valence-electron chi connectivity index (χ3n) is 37.4. The molecular weight excluding hydrogens is 1790 g/mol. The van der Waals surface area contributed by atoms with Crippen LogP contribution in [0, 0.1) is 109 Å². The molecule has 0 bridgehead atoms. The lowest BCUT2D eigenvalue weighted by Crippen LogP contribution is -2.78. The third kappa shape index (κ3) is 16.4. The molecule has 42 heteroatoms. The molecule has 48 atom stereocenters. The van der Waals surface area contributed by atoms with Crippen LogP contribution in [0.2, 0.25) is 0 Å². The van der Waals surface area contributed by atoms with Gasteiger partial charge in [0, 0.05) is 48.9 Å². The Balaban J connectivity index is 0.000000305. The second kappa shape index (κ2) is 36.8. The van der Waals surface area contributed by atoms with E-state index in [-0.39, 0.29) is 111 Å². The number of carbonyl (C=O) groups excluding carboxylic acids is 5. The van der Waals surface area contributed by atoms with Gasteiger partial charge in [-0.05, 0) is 208 Å². The van der Waals surface area contributed by atoms with E-state index in [0.717, 1.165) is 63.4 Å². The summed E-state index contributed by atoms with van der Waals surface area (Å²) in [7, 11) is 0. The van der Waals surface area contributed by atoms with Gasteiger partial charge in [0.25, 0.3) is 0 Å². The Bertz CT molecular complexity index is 4640. The molecule has 17 rings (SSSR count). The van der Waals surface area contributed by atoms with Gasteiger partial charge in [-0.2, -0.15) is 0 Å². The van der Waals surface area contributed by atoms with Crippen LogP contribution < -0.4 is 0 Å². The average Bonchev–Trinajstić information content (AvgIpc) is 1.66. The molecule has 15 fully saturated rings. The van der Waals surface area contributed by atoms with E-state index in [1.54, 1.807) is 19.9 Å². The first-order valence-electron chi connectivity index (χ1n) is 47.5.